The van der Waals surface area contributed by atoms with Gasteiger partial charge in [-0.15, -0.1) is 0 Å². The molecular formula is C15H22N2O2. The Bertz CT molecular complexity index is 430. The van der Waals surface area contributed by atoms with Crippen molar-refractivity contribution in [2.75, 3.05) is 6.54 Å². The lowest BCUT2D eigenvalue weighted by Gasteiger charge is -2.08. The van der Waals surface area contributed by atoms with Crippen LogP contribution in [0, 0.1) is 6.92 Å². The third-order valence-electron chi connectivity index (χ3n) is 2.91. The van der Waals surface area contributed by atoms with Crippen molar-refractivity contribution in [2.45, 2.75) is 39.7 Å². The van der Waals surface area contributed by atoms with Gasteiger partial charge in [-0.25, -0.2) is 0 Å². The van der Waals surface area contributed by atoms with Crippen LogP contribution >= 0.6 is 0 Å². The van der Waals surface area contributed by atoms with E-state index in [4.69, 9.17) is 0 Å². The Labute approximate surface area is 114 Å². The summed E-state index contributed by atoms with van der Waals surface area (Å²) in [4.78, 5) is 23.0. The fourth-order valence-corrected chi connectivity index (χ4v) is 1.68. The van der Waals surface area contributed by atoms with Gasteiger partial charge in [0.2, 0.25) is 11.8 Å². The van der Waals surface area contributed by atoms with E-state index in [2.05, 4.69) is 17.6 Å². The third-order valence-corrected chi connectivity index (χ3v) is 2.91. The van der Waals surface area contributed by atoms with E-state index in [0.717, 1.165) is 24.0 Å². The average molecular weight is 262 g/mol. The molecule has 1 aromatic rings. The van der Waals surface area contributed by atoms with Crippen LogP contribution < -0.4 is 10.6 Å². The predicted molar refractivity (Wildman–Crippen MR) is 75.6 cm³/mol. The van der Waals surface area contributed by atoms with Crippen LogP contribution in [0.1, 0.15) is 37.3 Å². The summed E-state index contributed by atoms with van der Waals surface area (Å²) in [6, 6.07) is 7.86. The van der Waals surface area contributed by atoms with E-state index >= 15 is 0 Å². The van der Waals surface area contributed by atoms with E-state index < -0.39 is 0 Å². The molecule has 0 aromatic heterocycles. The van der Waals surface area contributed by atoms with E-state index in [1.807, 2.05) is 31.2 Å². The smallest absolute Gasteiger partial charge is 0.229 e. The predicted octanol–water partition coefficient (Wildman–Crippen LogP) is 1.92. The molecule has 0 aliphatic heterocycles. The topological polar surface area (TPSA) is 58.2 Å². The summed E-state index contributed by atoms with van der Waals surface area (Å²) in [5.74, 6) is -0.451. The quantitative estimate of drug-likeness (QED) is 0.582. The second kappa shape index (κ2) is 8.29. The van der Waals surface area contributed by atoms with Crippen molar-refractivity contribution in [1.29, 1.82) is 0 Å². The molecule has 0 aliphatic rings. The Morgan fingerprint density at radius 3 is 2.47 bits per heavy atom. The first-order valence-electron chi connectivity index (χ1n) is 6.71. The molecule has 0 aliphatic carbocycles. The Hall–Kier alpha value is -1.84. The first-order chi connectivity index (χ1) is 9.13. The molecule has 0 unspecified atom stereocenters. The molecule has 0 atom stereocenters. The van der Waals surface area contributed by atoms with Gasteiger partial charge in [0.15, 0.2) is 0 Å². The van der Waals surface area contributed by atoms with E-state index in [1.165, 1.54) is 0 Å². The van der Waals surface area contributed by atoms with Crippen LogP contribution in [0.3, 0.4) is 0 Å². The summed E-state index contributed by atoms with van der Waals surface area (Å²) in [5, 5.41) is 5.49. The SMILES string of the molecule is CCCCNC(=O)CC(=O)NCc1ccccc1C. The van der Waals surface area contributed by atoms with E-state index in [1.54, 1.807) is 0 Å². The van der Waals surface area contributed by atoms with Crippen LogP contribution in [0.15, 0.2) is 24.3 Å². The zero-order chi connectivity index (χ0) is 14.1. The summed E-state index contributed by atoms with van der Waals surface area (Å²) in [5.41, 5.74) is 2.21. The van der Waals surface area contributed by atoms with Gasteiger partial charge >= 0.3 is 0 Å². The molecule has 19 heavy (non-hydrogen) atoms. The number of benzene rings is 1. The Morgan fingerprint density at radius 2 is 1.79 bits per heavy atom. The second-order valence-electron chi connectivity index (χ2n) is 4.58. The molecule has 0 radical (unpaired) electrons. The highest BCUT2D eigenvalue weighted by Crippen LogP contribution is 2.05. The van der Waals surface area contributed by atoms with Gasteiger partial charge in [0.1, 0.15) is 6.42 Å². The van der Waals surface area contributed by atoms with Gasteiger partial charge in [-0.2, -0.15) is 0 Å². The van der Waals surface area contributed by atoms with Gasteiger partial charge in [-0.05, 0) is 24.5 Å². The van der Waals surface area contributed by atoms with Gasteiger partial charge in [0.05, 0.1) is 0 Å². The van der Waals surface area contributed by atoms with E-state index in [0.29, 0.717) is 13.1 Å². The summed E-state index contributed by atoms with van der Waals surface area (Å²) in [6.07, 6.45) is 1.87. The average Bonchev–Trinajstić information content (AvgIpc) is 2.38. The van der Waals surface area contributed by atoms with Crippen molar-refractivity contribution < 1.29 is 9.59 Å². The van der Waals surface area contributed by atoms with Crippen LogP contribution in [0.25, 0.3) is 0 Å². The summed E-state index contributed by atoms with van der Waals surface area (Å²) in [6.45, 7) is 5.16. The van der Waals surface area contributed by atoms with Gasteiger partial charge in [-0.3, -0.25) is 9.59 Å². The number of carbonyl (C=O) groups excluding carboxylic acids is 2. The minimum absolute atomic E-state index is 0.102. The molecule has 2 amide bonds. The lowest BCUT2D eigenvalue weighted by molar-refractivity contribution is -0.129. The molecule has 104 valence electrons. The van der Waals surface area contributed by atoms with Crippen molar-refractivity contribution in [3.63, 3.8) is 0 Å². The molecule has 4 nitrogen and oxygen atoms in total. The lowest BCUT2D eigenvalue weighted by atomic mass is 10.1. The molecule has 2 N–H and O–H groups in total. The van der Waals surface area contributed by atoms with Crippen molar-refractivity contribution in [2.24, 2.45) is 0 Å². The normalized spacial score (nSPS) is 10.0. The minimum atomic E-state index is -0.239. The first-order valence-corrected chi connectivity index (χ1v) is 6.71. The fourth-order valence-electron chi connectivity index (χ4n) is 1.68. The Balaban J connectivity index is 2.28. The standard InChI is InChI=1S/C15H22N2O2/c1-3-4-9-16-14(18)10-15(19)17-11-13-8-6-5-7-12(13)2/h5-8H,3-4,9-11H2,1-2H3,(H,16,18)(H,17,19). The molecule has 4 heteroatoms. The number of nitrogens with one attached hydrogen (secondary N) is 2. The van der Waals surface area contributed by atoms with Crippen molar-refractivity contribution in [1.82, 2.24) is 10.6 Å². The monoisotopic (exact) mass is 262 g/mol. The Morgan fingerprint density at radius 1 is 1.11 bits per heavy atom. The first kappa shape index (κ1) is 15.2. The number of aryl methyl sites for hydroxylation is 1. The molecule has 0 bridgehead atoms. The molecule has 0 heterocycles. The largest absolute Gasteiger partial charge is 0.356 e. The molecule has 1 aromatic carbocycles. The van der Waals surface area contributed by atoms with Crippen LogP contribution in [-0.4, -0.2) is 18.4 Å². The van der Waals surface area contributed by atoms with Crippen molar-refractivity contribution >= 4 is 11.8 Å². The van der Waals surface area contributed by atoms with Crippen LogP contribution in [-0.2, 0) is 16.1 Å². The number of hydrogen-bond donors (Lipinski definition) is 2. The maximum Gasteiger partial charge on any atom is 0.229 e. The Kier molecular flexibility index (Phi) is 6.64. The van der Waals surface area contributed by atoms with E-state index in [9.17, 15) is 9.59 Å². The van der Waals surface area contributed by atoms with Crippen molar-refractivity contribution in [3.05, 3.63) is 35.4 Å². The van der Waals surface area contributed by atoms with Crippen molar-refractivity contribution in [3.8, 4) is 0 Å². The number of rotatable bonds is 7. The fraction of sp³-hybridized carbons (Fsp3) is 0.467. The van der Waals surface area contributed by atoms with Gasteiger partial charge in [-0.1, -0.05) is 37.6 Å². The summed E-state index contributed by atoms with van der Waals surface area (Å²) >= 11 is 0. The van der Waals surface area contributed by atoms with Crippen LogP contribution in [0.5, 0.6) is 0 Å². The van der Waals surface area contributed by atoms with Gasteiger partial charge in [0, 0.05) is 13.1 Å². The summed E-state index contributed by atoms with van der Waals surface area (Å²) < 4.78 is 0. The number of amides is 2. The van der Waals surface area contributed by atoms with E-state index in [-0.39, 0.29) is 18.2 Å². The zero-order valence-electron chi connectivity index (χ0n) is 11.7. The number of unbranched alkanes of at least 4 members (excludes halogenated alkanes) is 1. The molecule has 0 saturated carbocycles. The number of carbonyl (C=O) groups is 2. The van der Waals surface area contributed by atoms with Gasteiger partial charge < -0.3 is 10.6 Å². The minimum Gasteiger partial charge on any atom is -0.356 e. The highest BCUT2D eigenvalue weighted by molar-refractivity contribution is 5.96. The molecular weight excluding hydrogens is 240 g/mol. The molecule has 1 rings (SSSR count). The molecule has 0 spiro atoms. The highest BCUT2D eigenvalue weighted by Gasteiger charge is 2.08. The van der Waals surface area contributed by atoms with Crippen LogP contribution in [0.2, 0.25) is 0 Å². The van der Waals surface area contributed by atoms with Crippen LogP contribution in [0.4, 0.5) is 0 Å². The highest BCUT2D eigenvalue weighted by atomic mass is 16.2. The number of hydrogen-bond acceptors (Lipinski definition) is 2. The lowest BCUT2D eigenvalue weighted by Crippen LogP contribution is -2.32. The maximum atomic E-state index is 11.6. The maximum absolute atomic E-state index is 11.6. The third kappa shape index (κ3) is 6.04. The molecule has 0 fully saturated rings. The summed E-state index contributed by atoms with van der Waals surface area (Å²) in [7, 11) is 0. The second-order valence-corrected chi connectivity index (χ2v) is 4.58. The molecule has 0 saturated heterocycles. The zero-order valence-corrected chi connectivity index (χ0v) is 11.7. The van der Waals surface area contributed by atoms with Gasteiger partial charge in [0.25, 0.3) is 0 Å².